The number of hydrogen-bond donors (Lipinski definition) is 0. The Hall–Kier alpha value is -1.56. The van der Waals surface area contributed by atoms with Gasteiger partial charge in [0.15, 0.2) is 0 Å². The fraction of sp³-hybridized carbons (Fsp3) is 0.625. The Morgan fingerprint density at radius 1 is 0.594 bits per heavy atom. The number of hydrogen-bond acceptors (Lipinski definition) is 0. The maximum Gasteiger partial charge on any atom is -0.0146 e. The third-order valence-electron chi connectivity index (χ3n) is 8.70. The molecule has 2 fully saturated rings. The normalized spacial score (nSPS) is 26.2. The molecule has 0 atom stereocenters. The molecule has 0 saturated heterocycles. The summed E-state index contributed by atoms with van der Waals surface area (Å²) in [5.74, 6) is 3.51. The smallest absolute Gasteiger partial charge is 0.0146 e. The molecule has 0 heteroatoms. The largest absolute Gasteiger partial charge is 0.0654 e. The average Bonchev–Trinajstić information content (AvgIpc) is 2.87. The van der Waals surface area contributed by atoms with Crippen LogP contribution in [0.1, 0.15) is 127 Å². The van der Waals surface area contributed by atoms with Crippen molar-refractivity contribution in [2.45, 2.75) is 116 Å². The summed E-state index contributed by atoms with van der Waals surface area (Å²) in [6.45, 7) is 4.68. The second kappa shape index (κ2) is 12.1. The molecule has 0 aromatic heterocycles. The summed E-state index contributed by atoms with van der Waals surface area (Å²) >= 11 is 0. The van der Waals surface area contributed by atoms with Crippen molar-refractivity contribution in [2.75, 3.05) is 0 Å². The van der Waals surface area contributed by atoms with Gasteiger partial charge in [0.25, 0.3) is 0 Å². The molecule has 0 radical (unpaired) electrons. The van der Waals surface area contributed by atoms with E-state index in [1.165, 1.54) is 101 Å². The van der Waals surface area contributed by atoms with Crippen molar-refractivity contribution >= 4 is 0 Å². The summed E-state index contributed by atoms with van der Waals surface area (Å²) in [6.07, 6.45) is 19.9. The summed E-state index contributed by atoms with van der Waals surface area (Å²) in [5.41, 5.74) is 6.42. The zero-order valence-electron chi connectivity index (χ0n) is 20.8. The van der Waals surface area contributed by atoms with E-state index in [1.807, 2.05) is 0 Å². The summed E-state index contributed by atoms with van der Waals surface area (Å²) < 4.78 is 0. The molecule has 2 aliphatic carbocycles. The van der Waals surface area contributed by atoms with Gasteiger partial charge < -0.3 is 0 Å². The highest BCUT2D eigenvalue weighted by molar-refractivity contribution is 5.70. The molecule has 0 bridgehead atoms. The molecule has 4 rings (SSSR count). The fourth-order valence-corrected chi connectivity index (χ4v) is 6.75. The monoisotopic (exact) mass is 430 g/mol. The lowest BCUT2D eigenvalue weighted by Gasteiger charge is -2.35. The van der Waals surface area contributed by atoms with Crippen molar-refractivity contribution in [3.8, 4) is 11.1 Å². The molecule has 0 amide bonds. The van der Waals surface area contributed by atoms with Crippen molar-refractivity contribution in [1.29, 1.82) is 0 Å². The standard InChI is InChI=1S/C32H46/c1-3-5-11-25-17-21-28(22-18-25)31-16-10-15-30(27-13-8-7-9-14-27)32(31)29-23-19-26(20-24-29)12-6-4-2/h7-10,13-16,25-26,28-29H,3-6,11-12,17-24H2,1-2H3. The molecule has 0 N–H and O–H groups in total. The van der Waals surface area contributed by atoms with Gasteiger partial charge in [-0.05, 0) is 97.3 Å². The van der Waals surface area contributed by atoms with Gasteiger partial charge in [0, 0.05) is 0 Å². The van der Waals surface area contributed by atoms with E-state index < -0.39 is 0 Å². The third kappa shape index (κ3) is 5.86. The fourth-order valence-electron chi connectivity index (χ4n) is 6.75. The highest BCUT2D eigenvalue weighted by Gasteiger charge is 2.30. The van der Waals surface area contributed by atoms with Crippen LogP contribution in [0, 0.1) is 11.8 Å². The molecule has 2 saturated carbocycles. The van der Waals surface area contributed by atoms with Crippen molar-refractivity contribution in [3.05, 3.63) is 59.7 Å². The zero-order chi connectivity index (χ0) is 22.2. The SMILES string of the molecule is CCCCC1CCC(c2cccc(-c3ccccc3)c2C2CCC(CCCC)CC2)CC1. The van der Waals surface area contributed by atoms with Gasteiger partial charge >= 0.3 is 0 Å². The van der Waals surface area contributed by atoms with Gasteiger partial charge in [-0.1, -0.05) is 101 Å². The molecule has 2 aliphatic rings. The Morgan fingerprint density at radius 2 is 1.16 bits per heavy atom. The van der Waals surface area contributed by atoms with Crippen LogP contribution in [0.4, 0.5) is 0 Å². The first-order chi connectivity index (χ1) is 15.8. The Kier molecular flexibility index (Phi) is 8.89. The average molecular weight is 431 g/mol. The Morgan fingerprint density at radius 3 is 1.72 bits per heavy atom. The van der Waals surface area contributed by atoms with Crippen molar-refractivity contribution in [2.24, 2.45) is 11.8 Å². The molecular weight excluding hydrogens is 384 g/mol. The minimum absolute atomic E-state index is 0.761. The van der Waals surface area contributed by atoms with Crippen molar-refractivity contribution in [1.82, 2.24) is 0 Å². The first kappa shape index (κ1) is 23.6. The quantitative estimate of drug-likeness (QED) is 0.371. The first-order valence-electron chi connectivity index (χ1n) is 14.0. The summed E-state index contributed by atoms with van der Waals surface area (Å²) in [5, 5.41) is 0. The highest BCUT2D eigenvalue weighted by atomic mass is 14.3. The lowest BCUT2D eigenvalue weighted by Crippen LogP contribution is -2.19. The van der Waals surface area contributed by atoms with Gasteiger partial charge in [-0.2, -0.15) is 0 Å². The minimum atomic E-state index is 0.761. The zero-order valence-corrected chi connectivity index (χ0v) is 20.8. The predicted octanol–water partition coefficient (Wildman–Crippen LogP) is 10.3. The topological polar surface area (TPSA) is 0 Å². The van der Waals surface area contributed by atoms with Crippen LogP contribution in [-0.2, 0) is 0 Å². The van der Waals surface area contributed by atoms with Crippen molar-refractivity contribution in [3.63, 3.8) is 0 Å². The van der Waals surface area contributed by atoms with E-state index in [0.29, 0.717) is 0 Å². The van der Waals surface area contributed by atoms with Crippen LogP contribution in [0.15, 0.2) is 48.5 Å². The lowest BCUT2D eigenvalue weighted by atomic mass is 9.70. The Labute approximate surface area is 198 Å². The summed E-state index contributed by atoms with van der Waals surface area (Å²) in [6, 6.07) is 18.5. The molecule has 0 heterocycles. The predicted molar refractivity (Wildman–Crippen MR) is 140 cm³/mol. The molecule has 0 aliphatic heterocycles. The lowest BCUT2D eigenvalue weighted by molar-refractivity contribution is 0.293. The minimum Gasteiger partial charge on any atom is -0.0654 e. The molecule has 0 unspecified atom stereocenters. The van der Waals surface area contributed by atoms with Gasteiger partial charge in [0.1, 0.15) is 0 Å². The van der Waals surface area contributed by atoms with Crippen LogP contribution in [0.5, 0.6) is 0 Å². The molecule has 0 spiro atoms. The first-order valence-corrected chi connectivity index (χ1v) is 14.0. The maximum absolute atomic E-state index is 2.52. The van der Waals surface area contributed by atoms with Crippen molar-refractivity contribution < 1.29 is 0 Å². The summed E-state index contributed by atoms with van der Waals surface area (Å²) in [7, 11) is 0. The van der Waals surface area contributed by atoms with Gasteiger partial charge in [-0.15, -0.1) is 0 Å². The van der Waals surface area contributed by atoms with E-state index in [2.05, 4.69) is 62.4 Å². The van der Waals surface area contributed by atoms with Gasteiger partial charge in [-0.3, -0.25) is 0 Å². The number of unbranched alkanes of at least 4 members (excludes halogenated alkanes) is 2. The van der Waals surface area contributed by atoms with E-state index in [0.717, 1.165) is 23.7 Å². The Balaban J connectivity index is 1.57. The molecule has 0 nitrogen and oxygen atoms in total. The molecular formula is C32H46. The van der Waals surface area contributed by atoms with E-state index in [-0.39, 0.29) is 0 Å². The van der Waals surface area contributed by atoms with E-state index in [9.17, 15) is 0 Å². The molecule has 2 aromatic rings. The van der Waals surface area contributed by atoms with E-state index in [4.69, 9.17) is 0 Å². The van der Waals surface area contributed by atoms with Crippen LogP contribution in [0.25, 0.3) is 11.1 Å². The number of benzene rings is 2. The summed E-state index contributed by atoms with van der Waals surface area (Å²) in [4.78, 5) is 0. The van der Waals surface area contributed by atoms with E-state index in [1.54, 1.807) is 11.1 Å². The highest BCUT2D eigenvalue weighted by Crippen LogP contribution is 2.47. The van der Waals surface area contributed by atoms with Gasteiger partial charge in [0.05, 0.1) is 0 Å². The van der Waals surface area contributed by atoms with Crippen LogP contribution in [-0.4, -0.2) is 0 Å². The Bertz CT molecular complexity index is 788. The van der Waals surface area contributed by atoms with Crippen LogP contribution >= 0.6 is 0 Å². The second-order valence-electron chi connectivity index (χ2n) is 10.9. The van der Waals surface area contributed by atoms with Crippen LogP contribution < -0.4 is 0 Å². The number of rotatable bonds is 9. The molecule has 2 aromatic carbocycles. The maximum atomic E-state index is 2.52. The van der Waals surface area contributed by atoms with Gasteiger partial charge in [-0.25, -0.2) is 0 Å². The van der Waals surface area contributed by atoms with Gasteiger partial charge in [0.2, 0.25) is 0 Å². The third-order valence-corrected chi connectivity index (χ3v) is 8.70. The molecule has 174 valence electrons. The van der Waals surface area contributed by atoms with Crippen LogP contribution in [0.3, 0.4) is 0 Å². The molecule has 32 heavy (non-hydrogen) atoms. The second-order valence-corrected chi connectivity index (χ2v) is 10.9. The van der Waals surface area contributed by atoms with E-state index >= 15 is 0 Å². The van der Waals surface area contributed by atoms with Crippen LogP contribution in [0.2, 0.25) is 0 Å².